The van der Waals surface area contributed by atoms with Crippen LogP contribution in [0.3, 0.4) is 0 Å². The molecule has 0 aliphatic carbocycles. The van der Waals surface area contributed by atoms with E-state index in [9.17, 15) is 37.4 Å². The molecule has 1 amide bonds. The second kappa shape index (κ2) is 6.03. The van der Waals surface area contributed by atoms with Gasteiger partial charge in [-0.05, 0) is 24.3 Å². The lowest BCUT2D eigenvalue weighted by Crippen LogP contribution is -2.70. The number of halogens is 5. The SMILES string of the molecule is COC(=O)C(NC(=O)c1ccc(S(F)(F)(F)(F)F)cc1)C1(OC)CS(=O)(=O)C1. The second-order valence-electron chi connectivity index (χ2n) is 6.22. The van der Waals surface area contributed by atoms with E-state index in [1.54, 1.807) is 0 Å². The Hall–Kier alpha value is -1.93. The molecule has 1 aromatic carbocycles. The van der Waals surface area contributed by atoms with Gasteiger partial charge in [0.2, 0.25) is 0 Å². The minimum Gasteiger partial charge on any atom is -0.467 e. The number of ether oxygens (including phenoxy) is 2. The van der Waals surface area contributed by atoms with Crippen LogP contribution in [0.25, 0.3) is 0 Å². The Balaban J connectivity index is 2.29. The number of hydrogen-bond donors (Lipinski definition) is 1. The molecular formula is C14H16F5NO6S2. The Morgan fingerprint density at radius 3 is 1.93 bits per heavy atom. The van der Waals surface area contributed by atoms with E-state index in [0.717, 1.165) is 14.2 Å². The van der Waals surface area contributed by atoms with Crippen molar-refractivity contribution < 1.29 is 46.9 Å². The number of methoxy groups -OCH3 is 2. The number of amides is 1. The number of hydrogen-bond acceptors (Lipinski definition) is 6. The first-order valence-corrected chi connectivity index (χ1v) is 11.2. The van der Waals surface area contributed by atoms with Crippen molar-refractivity contribution in [1.29, 1.82) is 0 Å². The normalized spacial score (nSPS) is 21.4. The third-order valence-electron chi connectivity index (χ3n) is 4.14. The van der Waals surface area contributed by atoms with Crippen LogP contribution in [0.5, 0.6) is 0 Å². The van der Waals surface area contributed by atoms with Gasteiger partial charge in [0.15, 0.2) is 15.9 Å². The van der Waals surface area contributed by atoms with Crippen LogP contribution < -0.4 is 5.32 Å². The Morgan fingerprint density at radius 2 is 1.57 bits per heavy atom. The average Bonchev–Trinajstić information content (AvgIpc) is 2.54. The summed E-state index contributed by atoms with van der Waals surface area (Å²) >= 11 is 0. The van der Waals surface area contributed by atoms with E-state index in [0.29, 0.717) is 12.1 Å². The van der Waals surface area contributed by atoms with E-state index in [2.05, 4.69) is 10.1 Å². The molecule has 28 heavy (non-hydrogen) atoms. The van der Waals surface area contributed by atoms with Gasteiger partial charge in [-0.15, -0.1) is 0 Å². The van der Waals surface area contributed by atoms with Crippen molar-refractivity contribution in [3.63, 3.8) is 0 Å². The molecule has 160 valence electrons. The van der Waals surface area contributed by atoms with Gasteiger partial charge in [0.1, 0.15) is 10.5 Å². The highest BCUT2D eigenvalue weighted by molar-refractivity contribution is 8.45. The van der Waals surface area contributed by atoms with Crippen molar-refractivity contribution >= 4 is 31.9 Å². The predicted octanol–water partition coefficient (Wildman–Crippen LogP) is 2.43. The smallest absolute Gasteiger partial charge is 0.331 e. The average molecular weight is 453 g/mol. The summed E-state index contributed by atoms with van der Waals surface area (Å²) in [5, 5.41) is 2.13. The lowest BCUT2D eigenvalue weighted by Gasteiger charge is -2.44. The molecule has 0 bridgehead atoms. The van der Waals surface area contributed by atoms with Crippen LogP contribution in [0.4, 0.5) is 19.4 Å². The van der Waals surface area contributed by atoms with E-state index in [1.165, 1.54) is 0 Å². The van der Waals surface area contributed by atoms with Gasteiger partial charge in [-0.3, -0.25) is 4.79 Å². The fourth-order valence-electron chi connectivity index (χ4n) is 2.71. The summed E-state index contributed by atoms with van der Waals surface area (Å²) in [7, 11) is -11.3. The molecule has 0 radical (unpaired) electrons. The summed E-state index contributed by atoms with van der Waals surface area (Å²) in [5.74, 6) is -3.35. The van der Waals surface area contributed by atoms with Crippen molar-refractivity contribution in [2.75, 3.05) is 25.7 Å². The molecule has 1 N–H and O–H groups in total. The fourth-order valence-corrected chi connectivity index (χ4v) is 5.33. The van der Waals surface area contributed by atoms with Crippen molar-refractivity contribution in [1.82, 2.24) is 5.32 Å². The zero-order valence-electron chi connectivity index (χ0n) is 14.5. The minimum atomic E-state index is -9.90. The van der Waals surface area contributed by atoms with Crippen LogP contribution >= 0.6 is 10.2 Å². The van der Waals surface area contributed by atoms with Gasteiger partial charge in [-0.1, -0.05) is 19.4 Å². The first-order chi connectivity index (χ1) is 12.4. The quantitative estimate of drug-likeness (QED) is 0.525. The van der Waals surface area contributed by atoms with Crippen molar-refractivity contribution in [3.8, 4) is 0 Å². The van der Waals surface area contributed by atoms with E-state index in [-0.39, 0.29) is 12.1 Å². The third kappa shape index (κ3) is 4.55. The largest absolute Gasteiger partial charge is 0.467 e. The van der Waals surface area contributed by atoms with E-state index >= 15 is 0 Å². The number of carbonyl (C=O) groups is 2. The van der Waals surface area contributed by atoms with Gasteiger partial charge in [-0.2, -0.15) is 0 Å². The number of nitrogens with one attached hydrogen (secondary N) is 1. The van der Waals surface area contributed by atoms with E-state index < -0.39 is 65.5 Å². The molecule has 1 aliphatic heterocycles. The minimum absolute atomic E-state index is 0.0452. The van der Waals surface area contributed by atoms with Crippen LogP contribution in [0, 0.1) is 0 Å². The molecule has 2 rings (SSSR count). The molecule has 1 fully saturated rings. The lowest BCUT2D eigenvalue weighted by molar-refractivity contribution is -0.150. The maximum absolute atomic E-state index is 12.7. The van der Waals surface area contributed by atoms with Gasteiger partial charge >= 0.3 is 16.2 Å². The molecular weight excluding hydrogens is 437 g/mol. The molecule has 1 aromatic rings. The number of benzene rings is 1. The fraction of sp³-hybridized carbons (Fsp3) is 0.429. The molecule has 0 aromatic heterocycles. The Kier molecular flexibility index (Phi) is 4.82. The van der Waals surface area contributed by atoms with Gasteiger partial charge in [-0.25, -0.2) is 13.2 Å². The first-order valence-electron chi connectivity index (χ1n) is 7.41. The van der Waals surface area contributed by atoms with Gasteiger partial charge in [0.25, 0.3) is 5.91 Å². The van der Waals surface area contributed by atoms with Crippen LogP contribution in [0.15, 0.2) is 29.2 Å². The number of rotatable bonds is 6. The van der Waals surface area contributed by atoms with Crippen molar-refractivity contribution in [2.24, 2.45) is 0 Å². The van der Waals surface area contributed by atoms with E-state index in [1.807, 2.05) is 0 Å². The Bertz CT molecular complexity index is 903. The van der Waals surface area contributed by atoms with Crippen molar-refractivity contribution in [2.45, 2.75) is 16.5 Å². The molecule has 14 heteroatoms. The molecule has 7 nitrogen and oxygen atoms in total. The molecule has 0 spiro atoms. The lowest BCUT2D eigenvalue weighted by atomic mass is 9.96. The summed E-state index contributed by atoms with van der Waals surface area (Å²) in [4.78, 5) is 22.1. The van der Waals surface area contributed by atoms with Gasteiger partial charge in [0, 0.05) is 12.7 Å². The second-order valence-corrected chi connectivity index (χ2v) is 10.7. The highest BCUT2D eigenvalue weighted by Crippen LogP contribution is 3.02. The van der Waals surface area contributed by atoms with Crippen LogP contribution in [0.1, 0.15) is 10.4 Å². The first kappa shape index (κ1) is 22.4. The van der Waals surface area contributed by atoms with Crippen LogP contribution in [0.2, 0.25) is 0 Å². The Morgan fingerprint density at radius 1 is 1.07 bits per heavy atom. The standard InChI is InChI=1S/C14H16F5NO6S2/c1-25-13(22)11(14(26-2)7-27(23,24)8-14)20-12(21)9-3-5-10(6-4-9)28(15,16,17,18)19/h3-6,11H,7-8H2,1-2H3,(H,20,21). The van der Waals surface area contributed by atoms with E-state index in [4.69, 9.17) is 4.74 Å². The summed E-state index contributed by atoms with van der Waals surface area (Å²) in [6.07, 6.45) is 0. The summed E-state index contributed by atoms with van der Waals surface area (Å²) < 4.78 is 96.3. The van der Waals surface area contributed by atoms with Gasteiger partial charge < -0.3 is 14.8 Å². The number of esters is 1. The highest BCUT2D eigenvalue weighted by Gasteiger charge is 2.65. The Labute approximate surface area is 156 Å². The summed E-state index contributed by atoms with van der Waals surface area (Å²) in [6, 6.07) is -0.483. The maximum Gasteiger partial charge on any atom is 0.331 e. The molecule has 1 aliphatic rings. The molecule has 1 saturated heterocycles. The zero-order valence-corrected chi connectivity index (χ0v) is 16.1. The summed E-state index contributed by atoms with van der Waals surface area (Å²) in [6.45, 7) is 0. The molecule has 1 atom stereocenters. The zero-order chi connectivity index (χ0) is 21.7. The third-order valence-corrected chi connectivity index (χ3v) is 7.16. The molecule has 1 unspecified atom stereocenters. The van der Waals surface area contributed by atoms with Crippen LogP contribution in [-0.2, 0) is 24.1 Å². The number of sulfone groups is 1. The van der Waals surface area contributed by atoms with Crippen LogP contribution in [-0.4, -0.2) is 57.7 Å². The topological polar surface area (TPSA) is 98.8 Å². The maximum atomic E-state index is 12.7. The van der Waals surface area contributed by atoms with Crippen molar-refractivity contribution in [3.05, 3.63) is 29.8 Å². The van der Waals surface area contributed by atoms with Gasteiger partial charge in [0.05, 0.1) is 18.6 Å². The number of carbonyl (C=O) groups excluding carboxylic acids is 2. The highest BCUT2D eigenvalue weighted by atomic mass is 32.5. The molecule has 1 heterocycles. The molecule has 0 saturated carbocycles. The summed E-state index contributed by atoms with van der Waals surface area (Å²) in [5.41, 5.74) is -2.08. The monoisotopic (exact) mass is 453 g/mol. The predicted molar refractivity (Wildman–Crippen MR) is 89.5 cm³/mol.